The molecule has 2 saturated heterocycles. The van der Waals surface area contributed by atoms with Gasteiger partial charge in [0.25, 0.3) is 11.8 Å². The van der Waals surface area contributed by atoms with Crippen molar-refractivity contribution in [3.63, 3.8) is 0 Å². The number of hydrogen-bond donors (Lipinski definition) is 2. The highest BCUT2D eigenvalue weighted by Crippen LogP contribution is 2.26. The van der Waals surface area contributed by atoms with Crippen LogP contribution in [0.2, 0.25) is 0 Å². The molecule has 2 aliphatic heterocycles. The second-order valence-corrected chi connectivity index (χ2v) is 10.5. The fraction of sp³-hybridized carbons (Fsp3) is 0.355. The first-order valence-electron chi connectivity index (χ1n) is 13.8. The number of likely N-dealkylation sites (tertiary alicyclic amines) is 1. The van der Waals surface area contributed by atoms with Crippen LogP contribution in [0.4, 0.5) is 11.4 Å². The van der Waals surface area contributed by atoms with Crippen LogP contribution in [0.15, 0.2) is 66.9 Å². The number of pyridine rings is 1. The van der Waals surface area contributed by atoms with Crippen LogP contribution in [0.3, 0.4) is 0 Å². The Labute approximate surface area is 259 Å². The molecule has 0 saturated carbocycles. The molecule has 2 N–H and O–H groups in total. The van der Waals surface area contributed by atoms with E-state index in [0.717, 1.165) is 55.8 Å². The number of amides is 3. The zero-order valence-electron chi connectivity index (χ0n) is 23.9. The lowest BCUT2D eigenvalue weighted by Gasteiger charge is -2.34. The number of carbonyl (C=O) groups excluding carboxylic acids is 3. The number of nitrogens with zero attached hydrogens (tertiary/aromatic N) is 4. The third-order valence-corrected chi connectivity index (χ3v) is 7.73. The Balaban J connectivity index is 0.00000242. The minimum Gasteiger partial charge on any atom is -0.369 e. The van der Waals surface area contributed by atoms with Crippen LogP contribution in [0.25, 0.3) is 11.1 Å². The van der Waals surface area contributed by atoms with Crippen LogP contribution in [0, 0.1) is 5.92 Å². The Morgan fingerprint density at radius 1 is 0.881 bits per heavy atom. The third kappa shape index (κ3) is 7.79. The zero-order chi connectivity index (χ0) is 28.1. The predicted molar refractivity (Wildman–Crippen MR) is 171 cm³/mol. The molecule has 1 aromatic heterocycles. The van der Waals surface area contributed by atoms with Gasteiger partial charge >= 0.3 is 0 Å². The number of piperidine rings is 1. The molecule has 3 heterocycles. The summed E-state index contributed by atoms with van der Waals surface area (Å²) >= 11 is 0. The van der Waals surface area contributed by atoms with Gasteiger partial charge in [-0.15, -0.1) is 24.8 Å². The van der Waals surface area contributed by atoms with Gasteiger partial charge in [-0.1, -0.05) is 24.3 Å². The van der Waals surface area contributed by atoms with Crippen molar-refractivity contribution in [3.8, 4) is 11.1 Å². The molecule has 11 heteroatoms. The number of hydrogen-bond acceptors (Lipinski definition) is 6. The van der Waals surface area contributed by atoms with E-state index in [2.05, 4.69) is 32.5 Å². The van der Waals surface area contributed by atoms with Gasteiger partial charge in [0.2, 0.25) is 5.91 Å². The van der Waals surface area contributed by atoms with Crippen LogP contribution in [0.5, 0.6) is 0 Å². The van der Waals surface area contributed by atoms with E-state index in [9.17, 15) is 14.4 Å². The summed E-state index contributed by atoms with van der Waals surface area (Å²) in [5.74, 6) is -0.693. The molecule has 3 amide bonds. The number of carbonyl (C=O) groups is 3. The van der Waals surface area contributed by atoms with Gasteiger partial charge in [0.05, 0.1) is 5.92 Å². The van der Waals surface area contributed by atoms with Gasteiger partial charge in [0.1, 0.15) is 5.69 Å². The van der Waals surface area contributed by atoms with Crippen LogP contribution < -0.4 is 15.5 Å². The van der Waals surface area contributed by atoms with Crippen molar-refractivity contribution in [2.75, 3.05) is 63.6 Å². The molecule has 9 nitrogen and oxygen atoms in total. The molecule has 42 heavy (non-hydrogen) atoms. The number of aromatic nitrogens is 1. The highest BCUT2D eigenvalue weighted by Gasteiger charge is 2.30. The number of nitrogens with one attached hydrogen (secondary N) is 2. The Morgan fingerprint density at radius 2 is 1.60 bits per heavy atom. The summed E-state index contributed by atoms with van der Waals surface area (Å²) in [6.07, 6.45) is 3.18. The highest BCUT2D eigenvalue weighted by atomic mass is 35.5. The maximum atomic E-state index is 13.4. The fourth-order valence-corrected chi connectivity index (χ4v) is 5.34. The predicted octanol–water partition coefficient (Wildman–Crippen LogP) is 4.19. The number of anilines is 2. The van der Waals surface area contributed by atoms with Crippen molar-refractivity contribution in [2.45, 2.75) is 12.8 Å². The van der Waals surface area contributed by atoms with Crippen molar-refractivity contribution in [1.82, 2.24) is 20.1 Å². The van der Waals surface area contributed by atoms with Crippen molar-refractivity contribution in [3.05, 3.63) is 78.1 Å². The minimum absolute atomic E-state index is 0. The van der Waals surface area contributed by atoms with Crippen molar-refractivity contribution in [1.29, 1.82) is 0 Å². The average molecular weight is 614 g/mol. The van der Waals surface area contributed by atoms with Gasteiger partial charge in [-0.3, -0.25) is 19.4 Å². The summed E-state index contributed by atoms with van der Waals surface area (Å²) in [6, 6.07) is 18.8. The van der Waals surface area contributed by atoms with E-state index < -0.39 is 0 Å². The lowest BCUT2D eigenvalue weighted by Crippen LogP contribution is -2.45. The monoisotopic (exact) mass is 612 g/mol. The van der Waals surface area contributed by atoms with Gasteiger partial charge in [0.15, 0.2) is 0 Å². The number of piperazine rings is 1. The van der Waals surface area contributed by atoms with E-state index in [1.807, 2.05) is 54.6 Å². The Morgan fingerprint density at radius 3 is 2.33 bits per heavy atom. The van der Waals surface area contributed by atoms with Crippen LogP contribution in [-0.2, 0) is 4.79 Å². The first-order chi connectivity index (χ1) is 19.4. The van der Waals surface area contributed by atoms with Gasteiger partial charge < -0.3 is 25.3 Å². The fourth-order valence-electron chi connectivity index (χ4n) is 5.34. The quantitative estimate of drug-likeness (QED) is 0.433. The van der Waals surface area contributed by atoms with E-state index in [0.29, 0.717) is 30.0 Å². The topological polar surface area (TPSA) is 97.9 Å². The number of halogens is 2. The Hall–Kier alpha value is -3.66. The number of likely N-dealkylation sites (N-methyl/N-ethyl adjacent to an activating group) is 1. The summed E-state index contributed by atoms with van der Waals surface area (Å²) in [5, 5.41) is 5.69. The van der Waals surface area contributed by atoms with E-state index in [1.54, 1.807) is 24.2 Å². The molecule has 0 spiro atoms. The van der Waals surface area contributed by atoms with E-state index in [1.165, 1.54) is 0 Å². The summed E-state index contributed by atoms with van der Waals surface area (Å²) in [7, 11) is 3.72. The molecule has 224 valence electrons. The van der Waals surface area contributed by atoms with Gasteiger partial charge in [0, 0.05) is 69.5 Å². The molecule has 0 bridgehead atoms. The molecule has 0 radical (unpaired) electrons. The first-order valence-corrected chi connectivity index (χ1v) is 13.8. The molecule has 1 atom stereocenters. The molecule has 2 fully saturated rings. The van der Waals surface area contributed by atoms with E-state index in [4.69, 9.17) is 0 Å². The minimum atomic E-state index is -0.307. The third-order valence-electron chi connectivity index (χ3n) is 7.73. The summed E-state index contributed by atoms with van der Waals surface area (Å²) in [4.78, 5) is 49.4. The van der Waals surface area contributed by atoms with E-state index in [-0.39, 0.29) is 48.5 Å². The molecule has 3 aromatic rings. The molecule has 2 aromatic carbocycles. The standard InChI is InChI=1S/C31H36N6O3.2ClH/c1-32-29(38)24-8-3-6-22(18-24)23-7-4-10-26(19-23)34-30(39)25-9-5-13-37(21-25)31(40)28-20-27(11-12-33-28)36-16-14-35(2)15-17-36;;/h3-4,6-8,10-12,18-20,25H,5,9,13-17,21H2,1-2H3,(H,32,38)(H,34,39);2*1H/t25-;;/m0../s1. The van der Waals surface area contributed by atoms with E-state index >= 15 is 0 Å². The van der Waals surface area contributed by atoms with Crippen molar-refractivity contribution >= 4 is 53.9 Å². The van der Waals surface area contributed by atoms with Crippen molar-refractivity contribution < 1.29 is 14.4 Å². The maximum Gasteiger partial charge on any atom is 0.272 e. The second kappa shape index (κ2) is 15.0. The summed E-state index contributed by atoms with van der Waals surface area (Å²) < 4.78 is 0. The number of rotatable bonds is 6. The molecule has 2 aliphatic rings. The summed E-state index contributed by atoms with van der Waals surface area (Å²) in [6.45, 7) is 4.78. The zero-order valence-corrected chi connectivity index (χ0v) is 25.5. The average Bonchev–Trinajstić information content (AvgIpc) is 3.01. The number of benzene rings is 2. The lowest BCUT2D eigenvalue weighted by molar-refractivity contribution is -0.121. The highest BCUT2D eigenvalue weighted by molar-refractivity contribution is 5.97. The van der Waals surface area contributed by atoms with Crippen LogP contribution in [-0.4, -0.2) is 85.9 Å². The van der Waals surface area contributed by atoms with Gasteiger partial charge in [-0.05, 0) is 67.4 Å². The Bertz CT molecular complexity index is 1400. The Kier molecular flexibility index (Phi) is 11.7. The van der Waals surface area contributed by atoms with Gasteiger partial charge in [-0.2, -0.15) is 0 Å². The molecular formula is C31H38Cl2N6O3. The normalized spacial score (nSPS) is 17.0. The smallest absolute Gasteiger partial charge is 0.272 e. The second-order valence-electron chi connectivity index (χ2n) is 10.5. The molecule has 0 aliphatic carbocycles. The van der Waals surface area contributed by atoms with Gasteiger partial charge in [-0.25, -0.2) is 0 Å². The largest absolute Gasteiger partial charge is 0.369 e. The van der Waals surface area contributed by atoms with Crippen LogP contribution >= 0.6 is 24.8 Å². The SMILES string of the molecule is CNC(=O)c1cccc(-c2cccc(NC(=O)[C@H]3CCCN(C(=O)c4cc(N5CCN(C)CC5)ccn4)C3)c2)c1.Cl.Cl. The molecule has 5 rings (SSSR count). The molecule has 0 unspecified atom stereocenters. The molecular weight excluding hydrogens is 575 g/mol. The van der Waals surface area contributed by atoms with Crippen molar-refractivity contribution in [2.24, 2.45) is 5.92 Å². The summed E-state index contributed by atoms with van der Waals surface area (Å²) in [5.41, 5.74) is 4.47. The van der Waals surface area contributed by atoms with Crippen LogP contribution in [0.1, 0.15) is 33.7 Å². The first kappa shape index (κ1) is 32.8. The lowest BCUT2D eigenvalue weighted by atomic mass is 9.96. The maximum absolute atomic E-state index is 13.4.